The number of halogens is 3. The first-order chi connectivity index (χ1) is 7.00. The van der Waals surface area contributed by atoms with Crippen LogP contribution in [0.15, 0.2) is 30.5 Å². The lowest BCUT2D eigenvalue weighted by Gasteiger charge is -2.11. The van der Waals surface area contributed by atoms with Gasteiger partial charge >= 0.3 is 6.18 Å². The summed E-state index contributed by atoms with van der Waals surface area (Å²) >= 11 is 0. The van der Waals surface area contributed by atoms with Gasteiger partial charge in [0.05, 0.1) is 5.52 Å². The van der Waals surface area contributed by atoms with Crippen molar-refractivity contribution in [3.05, 3.63) is 36.0 Å². The lowest BCUT2D eigenvalue weighted by Crippen LogP contribution is -2.06. The van der Waals surface area contributed by atoms with E-state index in [4.69, 9.17) is 0 Å². The Morgan fingerprint density at radius 3 is 2.53 bits per heavy atom. The fraction of sp³-hybridized carbons (Fsp3) is 0.100. The van der Waals surface area contributed by atoms with Crippen molar-refractivity contribution in [2.45, 2.75) is 6.18 Å². The molecule has 1 heterocycles. The fourth-order valence-corrected chi connectivity index (χ4v) is 1.44. The van der Waals surface area contributed by atoms with E-state index in [9.17, 15) is 18.3 Å². The van der Waals surface area contributed by atoms with E-state index in [1.54, 1.807) is 0 Å². The van der Waals surface area contributed by atoms with E-state index < -0.39 is 17.5 Å². The predicted octanol–water partition coefficient (Wildman–Crippen LogP) is 2.96. The summed E-state index contributed by atoms with van der Waals surface area (Å²) in [4.78, 5) is 3.79. The van der Waals surface area contributed by atoms with Crippen molar-refractivity contribution in [2.24, 2.45) is 0 Å². The predicted molar refractivity (Wildman–Crippen MR) is 48.4 cm³/mol. The second kappa shape index (κ2) is 3.12. The molecule has 0 aliphatic rings. The Morgan fingerprint density at radius 2 is 1.87 bits per heavy atom. The first kappa shape index (κ1) is 9.76. The minimum absolute atomic E-state index is 0.0926. The molecule has 2 nitrogen and oxygen atoms in total. The van der Waals surface area contributed by atoms with Gasteiger partial charge in [0.2, 0.25) is 0 Å². The smallest absolute Gasteiger partial charge is 0.420 e. The van der Waals surface area contributed by atoms with Gasteiger partial charge in [-0.05, 0) is 18.2 Å². The van der Waals surface area contributed by atoms with E-state index in [1.165, 1.54) is 24.4 Å². The van der Waals surface area contributed by atoms with Crippen molar-refractivity contribution in [2.75, 3.05) is 0 Å². The van der Waals surface area contributed by atoms with Crippen LogP contribution in [0.2, 0.25) is 0 Å². The van der Waals surface area contributed by atoms with Crippen LogP contribution in [0, 0.1) is 0 Å². The van der Waals surface area contributed by atoms with Crippen molar-refractivity contribution < 1.29 is 18.3 Å². The Kier molecular flexibility index (Phi) is 2.03. The zero-order valence-electron chi connectivity index (χ0n) is 7.42. The third-order valence-electron chi connectivity index (χ3n) is 2.05. The van der Waals surface area contributed by atoms with Crippen LogP contribution in [-0.4, -0.2) is 10.1 Å². The molecule has 0 fully saturated rings. The van der Waals surface area contributed by atoms with E-state index in [-0.39, 0.29) is 10.9 Å². The summed E-state index contributed by atoms with van der Waals surface area (Å²) < 4.78 is 37.8. The molecule has 0 bridgehead atoms. The minimum atomic E-state index is -4.58. The number of nitrogens with zero attached hydrogens (tertiary/aromatic N) is 1. The van der Waals surface area contributed by atoms with Crippen molar-refractivity contribution >= 4 is 10.9 Å². The van der Waals surface area contributed by atoms with E-state index in [2.05, 4.69) is 4.98 Å². The maximum Gasteiger partial charge on any atom is 0.420 e. The molecule has 1 aromatic heterocycles. The highest BCUT2D eigenvalue weighted by Gasteiger charge is 2.35. The van der Waals surface area contributed by atoms with Gasteiger partial charge in [-0.1, -0.05) is 6.07 Å². The largest absolute Gasteiger partial charge is 0.507 e. The number of pyridine rings is 1. The van der Waals surface area contributed by atoms with Crippen LogP contribution in [0.1, 0.15) is 5.56 Å². The van der Waals surface area contributed by atoms with Gasteiger partial charge in [-0.15, -0.1) is 0 Å². The number of alkyl halides is 3. The fourth-order valence-electron chi connectivity index (χ4n) is 1.44. The number of hydrogen-bond acceptors (Lipinski definition) is 2. The molecule has 0 aliphatic heterocycles. The minimum Gasteiger partial charge on any atom is -0.507 e. The summed E-state index contributed by atoms with van der Waals surface area (Å²) in [5.74, 6) is -0.775. The lowest BCUT2D eigenvalue weighted by molar-refractivity contribution is -0.137. The number of phenolic OH excluding ortho intramolecular Hbond substituents is 1. The van der Waals surface area contributed by atoms with Crippen LogP contribution in [-0.2, 0) is 6.18 Å². The molecule has 0 aliphatic carbocycles. The van der Waals surface area contributed by atoms with E-state index in [0.717, 1.165) is 6.07 Å². The van der Waals surface area contributed by atoms with Crippen LogP contribution >= 0.6 is 0 Å². The van der Waals surface area contributed by atoms with Gasteiger partial charge < -0.3 is 5.11 Å². The van der Waals surface area contributed by atoms with Crippen molar-refractivity contribution in [3.8, 4) is 5.75 Å². The van der Waals surface area contributed by atoms with Crippen LogP contribution in [0.3, 0.4) is 0 Å². The maximum atomic E-state index is 12.6. The molecule has 0 saturated carbocycles. The number of rotatable bonds is 0. The SMILES string of the molecule is Oc1ccc2ncccc2c1C(F)(F)F. The number of aromatic nitrogens is 1. The molecule has 0 saturated heterocycles. The maximum absolute atomic E-state index is 12.6. The summed E-state index contributed by atoms with van der Waals surface area (Å²) in [7, 11) is 0. The molecule has 0 radical (unpaired) electrons. The summed E-state index contributed by atoms with van der Waals surface area (Å²) in [6.45, 7) is 0. The van der Waals surface area contributed by atoms with Gasteiger partial charge in [0, 0.05) is 11.6 Å². The Morgan fingerprint density at radius 1 is 1.13 bits per heavy atom. The summed E-state index contributed by atoms with van der Waals surface area (Å²) in [5.41, 5.74) is -0.823. The number of benzene rings is 1. The molecule has 2 rings (SSSR count). The van der Waals surface area contributed by atoms with E-state index in [1.807, 2.05) is 0 Å². The Labute approximate surface area is 83.0 Å². The second-order valence-corrected chi connectivity index (χ2v) is 3.03. The molecular formula is C10H6F3NO. The van der Waals surface area contributed by atoms with Gasteiger partial charge in [-0.25, -0.2) is 0 Å². The summed E-state index contributed by atoms with van der Waals surface area (Å²) in [6, 6.07) is 5.03. The lowest BCUT2D eigenvalue weighted by atomic mass is 10.1. The number of phenols is 1. The van der Waals surface area contributed by atoms with Crippen molar-refractivity contribution in [1.29, 1.82) is 0 Å². The monoisotopic (exact) mass is 213 g/mol. The first-order valence-corrected chi connectivity index (χ1v) is 4.14. The van der Waals surface area contributed by atoms with Crippen molar-refractivity contribution in [3.63, 3.8) is 0 Å². The van der Waals surface area contributed by atoms with Gasteiger partial charge in [-0.3, -0.25) is 4.98 Å². The highest BCUT2D eigenvalue weighted by molar-refractivity contribution is 5.84. The van der Waals surface area contributed by atoms with Crippen LogP contribution in [0.5, 0.6) is 5.75 Å². The molecular weight excluding hydrogens is 207 g/mol. The molecule has 78 valence electrons. The molecule has 0 spiro atoms. The third kappa shape index (κ3) is 1.60. The van der Waals surface area contributed by atoms with Gasteiger partial charge in [0.1, 0.15) is 11.3 Å². The molecule has 2 aromatic rings. The Bertz CT molecular complexity index is 507. The normalized spacial score (nSPS) is 11.9. The standard InChI is InChI=1S/C10H6F3NO/c11-10(12,13)9-6-2-1-5-14-7(6)3-4-8(9)15/h1-5,15H. The van der Waals surface area contributed by atoms with Gasteiger partial charge in [-0.2, -0.15) is 13.2 Å². The van der Waals surface area contributed by atoms with Crippen LogP contribution < -0.4 is 0 Å². The quantitative estimate of drug-likeness (QED) is 0.729. The molecule has 15 heavy (non-hydrogen) atoms. The Hall–Kier alpha value is -1.78. The summed E-state index contributed by atoms with van der Waals surface area (Å²) in [6.07, 6.45) is -3.17. The van der Waals surface area contributed by atoms with Gasteiger partial charge in [0.25, 0.3) is 0 Å². The van der Waals surface area contributed by atoms with Crippen LogP contribution in [0.4, 0.5) is 13.2 Å². The molecule has 1 aromatic carbocycles. The van der Waals surface area contributed by atoms with E-state index in [0.29, 0.717) is 0 Å². The number of aromatic hydroxyl groups is 1. The number of fused-ring (bicyclic) bond motifs is 1. The Balaban J connectivity index is 2.86. The van der Waals surface area contributed by atoms with Crippen molar-refractivity contribution in [1.82, 2.24) is 4.98 Å². The molecule has 0 atom stereocenters. The molecule has 0 unspecified atom stereocenters. The molecule has 0 amide bonds. The zero-order chi connectivity index (χ0) is 11.1. The zero-order valence-corrected chi connectivity index (χ0v) is 7.42. The van der Waals surface area contributed by atoms with Gasteiger partial charge in [0.15, 0.2) is 0 Å². The van der Waals surface area contributed by atoms with Crippen LogP contribution in [0.25, 0.3) is 10.9 Å². The topological polar surface area (TPSA) is 33.1 Å². The van der Waals surface area contributed by atoms with E-state index >= 15 is 0 Å². The highest BCUT2D eigenvalue weighted by atomic mass is 19.4. The third-order valence-corrected chi connectivity index (χ3v) is 2.05. The average molecular weight is 213 g/mol. The molecule has 5 heteroatoms. The number of hydrogen-bond donors (Lipinski definition) is 1. The average Bonchev–Trinajstić information content (AvgIpc) is 2.15. The second-order valence-electron chi connectivity index (χ2n) is 3.03. The molecule has 1 N–H and O–H groups in total. The first-order valence-electron chi connectivity index (χ1n) is 4.14. The summed E-state index contributed by atoms with van der Waals surface area (Å²) in [5, 5.41) is 9.10. The highest BCUT2D eigenvalue weighted by Crippen LogP contribution is 2.39.